The van der Waals surface area contributed by atoms with Crippen LogP contribution in [0.5, 0.6) is 0 Å². The molecule has 1 heterocycles. The van der Waals surface area contributed by atoms with Crippen molar-refractivity contribution in [2.45, 2.75) is 38.8 Å². The molecule has 16 heavy (non-hydrogen) atoms. The van der Waals surface area contributed by atoms with E-state index in [9.17, 15) is 9.59 Å². The van der Waals surface area contributed by atoms with Gasteiger partial charge in [0.2, 0.25) is 5.91 Å². The minimum atomic E-state index is -0.423. The standard InChI is InChI=1S/C11H19NO4/c1-8(2)16-7-10(13)12-6-4-5-9(12)11(14)15-3/h8-9H,4-7H2,1-3H3. The van der Waals surface area contributed by atoms with E-state index in [0.717, 1.165) is 6.42 Å². The maximum absolute atomic E-state index is 11.8. The van der Waals surface area contributed by atoms with Crippen molar-refractivity contribution < 1.29 is 19.1 Å². The predicted octanol–water partition coefficient (Wildman–Crippen LogP) is 0.575. The highest BCUT2D eigenvalue weighted by Gasteiger charge is 2.34. The van der Waals surface area contributed by atoms with Gasteiger partial charge in [0.05, 0.1) is 13.2 Å². The van der Waals surface area contributed by atoms with E-state index < -0.39 is 6.04 Å². The first-order valence-electron chi connectivity index (χ1n) is 5.55. The van der Waals surface area contributed by atoms with Gasteiger partial charge in [0, 0.05) is 6.54 Å². The van der Waals surface area contributed by atoms with E-state index in [-0.39, 0.29) is 24.6 Å². The quantitative estimate of drug-likeness (QED) is 0.661. The van der Waals surface area contributed by atoms with E-state index in [0.29, 0.717) is 13.0 Å². The SMILES string of the molecule is COC(=O)C1CCCN1C(=O)COC(C)C. The van der Waals surface area contributed by atoms with Crippen LogP contribution in [0.2, 0.25) is 0 Å². The monoisotopic (exact) mass is 229 g/mol. The molecule has 1 fully saturated rings. The summed E-state index contributed by atoms with van der Waals surface area (Å²) in [6, 6.07) is -0.423. The summed E-state index contributed by atoms with van der Waals surface area (Å²) in [7, 11) is 1.34. The number of likely N-dealkylation sites (tertiary alicyclic amines) is 1. The van der Waals surface area contributed by atoms with Crippen LogP contribution < -0.4 is 0 Å². The molecule has 1 aliphatic rings. The minimum Gasteiger partial charge on any atom is -0.467 e. The normalized spacial score (nSPS) is 20.2. The van der Waals surface area contributed by atoms with Crippen molar-refractivity contribution in [1.29, 1.82) is 0 Å². The molecule has 0 spiro atoms. The van der Waals surface area contributed by atoms with Gasteiger partial charge >= 0.3 is 5.97 Å². The molecule has 0 aliphatic carbocycles. The number of esters is 1. The fraction of sp³-hybridized carbons (Fsp3) is 0.818. The van der Waals surface area contributed by atoms with Gasteiger partial charge in [-0.25, -0.2) is 4.79 Å². The number of rotatable bonds is 4. The molecule has 1 saturated heterocycles. The van der Waals surface area contributed by atoms with Gasteiger partial charge in [-0.3, -0.25) is 4.79 Å². The van der Waals surface area contributed by atoms with Gasteiger partial charge in [-0.05, 0) is 26.7 Å². The molecule has 0 radical (unpaired) electrons. The van der Waals surface area contributed by atoms with E-state index >= 15 is 0 Å². The van der Waals surface area contributed by atoms with E-state index in [2.05, 4.69) is 4.74 Å². The van der Waals surface area contributed by atoms with Crippen molar-refractivity contribution in [3.63, 3.8) is 0 Å². The van der Waals surface area contributed by atoms with Crippen molar-refractivity contribution in [2.24, 2.45) is 0 Å². The van der Waals surface area contributed by atoms with E-state index in [4.69, 9.17) is 4.74 Å². The summed E-state index contributed by atoms with van der Waals surface area (Å²) in [5, 5.41) is 0. The molecule has 0 N–H and O–H groups in total. The van der Waals surface area contributed by atoms with Crippen LogP contribution >= 0.6 is 0 Å². The minimum absolute atomic E-state index is 0.0168. The summed E-state index contributed by atoms with van der Waals surface area (Å²) >= 11 is 0. The third kappa shape index (κ3) is 3.20. The molecule has 0 saturated carbocycles. The molecule has 0 aromatic rings. The van der Waals surface area contributed by atoms with Gasteiger partial charge in [-0.1, -0.05) is 0 Å². The highest BCUT2D eigenvalue weighted by molar-refractivity contribution is 5.85. The fourth-order valence-corrected chi connectivity index (χ4v) is 1.77. The average molecular weight is 229 g/mol. The number of amides is 1. The number of hydrogen-bond donors (Lipinski definition) is 0. The number of hydrogen-bond acceptors (Lipinski definition) is 4. The molecule has 1 rings (SSSR count). The second-order valence-corrected chi connectivity index (χ2v) is 4.13. The Kier molecular flexibility index (Phi) is 4.73. The average Bonchev–Trinajstić information content (AvgIpc) is 2.73. The van der Waals surface area contributed by atoms with Crippen LogP contribution in [0.3, 0.4) is 0 Å². The van der Waals surface area contributed by atoms with Gasteiger partial charge in [0.15, 0.2) is 0 Å². The fourth-order valence-electron chi connectivity index (χ4n) is 1.77. The molecule has 1 amide bonds. The smallest absolute Gasteiger partial charge is 0.328 e. The first-order chi connectivity index (χ1) is 7.56. The van der Waals surface area contributed by atoms with Crippen LogP contribution in [0.4, 0.5) is 0 Å². The Labute approximate surface area is 95.7 Å². The summed E-state index contributed by atoms with van der Waals surface area (Å²) in [5.74, 6) is -0.475. The number of methoxy groups -OCH3 is 1. The maximum Gasteiger partial charge on any atom is 0.328 e. The van der Waals surface area contributed by atoms with Crippen LogP contribution in [0, 0.1) is 0 Å². The number of carbonyl (C=O) groups is 2. The number of carbonyl (C=O) groups excluding carboxylic acids is 2. The van der Waals surface area contributed by atoms with Crippen LogP contribution in [0.1, 0.15) is 26.7 Å². The lowest BCUT2D eigenvalue weighted by Gasteiger charge is -2.22. The molecule has 5 nitrogen and oxygen atoms in total. The highest BCUT2D eigenvalue weighted by Crippen LogP contribution is 2.18. The van der Waals surface area contributed by atoms with Crippen molar-refractivity contribution >= 4 is 11.9 Å². The van der Waals surface area contributed by atoms with Crippen LogP contribution in [0.25, 0.3) is 0 Å². The Morgan fingerprint density at radius 2 is 2.12 bits per heavy atom. The zero-order valence-corrected chi connectivity index (χ0v) is 10.1. The molecule has 0 aromatic carbocycles. The Balaban J connectivity index is 2.51. The lowest BCUT2D eigenvalue weighted by Crippen LogP contribution is -2.43. The van der Waals surface area contributed by atoms with Crippen molar-refractivity contribution in [3.05, 3.63) is 0 Å². The van der Waals surface area contributed by atoms with Gasteiger partial charge in [0.1, 0.15) is 12.6 Å². The first-order valence-corrected chi connectivity index (χ1v) is 5.55. The Hall–Kier alpha value is -1.10. The second-order valence-electron chi connectivity index (χ2n) is 4.13. The summed E-state index contributed by atoms with van der Waals surface area (Å²) in [6.45, 7) is 4.38. The predicted molar refractivity (Wildman–Crippen MR) is 57.8 cm³/mol. The van der Waals surface area contributed by atoms with Gasteiger partial charge in [-0.2, -0.15) is 0 Å². The Morgan fingerprint density at radius 1 is 1.44 bits per heavy atom. The Morgan fingerprint density at radius 3 is 2.69 bits per heavy atom. The molecule has 5 heteroatoms. The van der Waals surface area contributed by atoms with Crippen LogP contribution in [-0.4, -0.2) is 49.2 Å². The molecule has 0 aromatic heterocycles. The third-order valence-corrected chi connectivity index (χ3v) is 2.59. The van der Waals surface area contributed by atoms with Crippen molar-refractivity contribution in [2.75, 3.05) is 20.3 Å². The topological polar surface area (TPSA) is 55.8 Å². The molecule has 1 unspecified atom stereocenters. The maximum atomic E-state index is 11.8. The zero-order chi connectivity index (χ0) is 12.1. The summed E-state index contributed by atoms with van der Waals surface area (Å²) < 4.78 is 9.90. The van der Waals surface area contributed by atoms with Crippen molar-refractivity contribution in [1.82, 2.24) is 4.90 Å². The van der Waals surface area contributed by atoms with Gasteiger partial charge in [-0.15, -0.1) is 0 Å². The van der Waals surface area contributed by atoms with E-state index in [1.54, 1.807) is 4.90 Å². The zero-order valence-electron chi connectivity index (χ0n) is 10.1. The summed E-state index contributed by atoms with van der Waals surface area (Å²) in [4.78, 5) is 24.7. The lowest BCUT2D eigenvalue weighted by molar-refractivity contribution is -0.153. The molecule has 92 valence electrons. The lowest BCUT2D eigenvalue weighted by atomic mass is 10.2. The number of nitrogens with zero attached hydrogens (tertiary/aromatic N) is 1. The summed E-state index contributed by atoms with van der Waals surface area (Å²) in [5.41, 5.74) is 0. The summed E-state index contributed by atoms with van der Waals surface area (Å²) in [6.07, 6.45) is 1.54. The number of ether oxygens (including phenoxy) is 2. The highest BCUT2D eigenvalue weighted by atomic mass is 16.5. The van der Waals surface area contributed by atoms with Crippen molar-refractivity contribution in [3.8, 4) is 0 Å². The van der Waals surface area contributed by atoms with Crippen LogP contribution in [0.15, 0.2) is 0 Å². The second kappa shape index (κ2) is 5.84. The molecule has 1 atom stereocenters. The Bertz CT molecular complexity index is 265. The molecule has 0 bridgehead atoms. The van der Waals surface area contributed by atoms with E-state index in [1.165, 1.54) is 7.11 Å². The van der Waals surface area contributed by atoms with E-state index in [1.807, 2.05) is 13.8 Å². The molecule has 1 aliphatic heterocycles. The molecular weight excluding hydrogens is 210 g/mol. The largest absolute Gasteiger partial charge is 0.467 e. The molecular formula is C11H19NO4. The van der Waals surface area contributed by atoms with Gasteiger partial charge in [0.25, 0.3) is 0 Å². The van der Waals surface area contributed by atoms with Gasteiger partial charge < -0.3 is 14.4 Å². The first kappa shape index (κ1) is 13.0. The third-order valence-electron chi connectivity index (χ3n) is 2.59. The van der Waals surface area contributed by atoms with Crippen LogP contribution in [-0.2, 0) is 19.1 Å².